The summed E-state index contributed by atoms with van der Waals surface area (Å²) in [7, 11) is 0. The molecule has 0 radical (unpaired) electrons. The minimum Gasteiger partial charge on any atom is -0.360 e. The number of aromatic nitrogens is 3. The largest absolute Gasteiger partial charge is 0.360 e. The van der Waals surface area contributed by atoms with E-state index in [4.69, 9.17) is 16.1 Å². The number of hydrogen-bond donors (Lipinski definition) is 0. The summed E-state index contributed by atoms with van der Waals surface area (Å²) in [6.45, 7) is 5.37. The number of carbonyl (C=O) groups excluding carboxylic acids is 1. The molecule has 0 atom stereocenters. The number of benzene rings is 1. The molecule has 0 unspecified atom stereocenters. The van der Waals surface area contributed by atoms with Crippen molar-refractivity contribution in [2.75, 3.05) is 0 Å². The molecular weight excluding hydrogens is 302 g/mol. The molecule has 0 amide bonds. The fourth-order valence-electron chi connectivity index (χ4n) is 2.40. The molecule has 0 aliphatic heterocycles. The lowest BCUT2D eigenvalue weighted by Crippen LogP contribution is -2.16. The lowest BCUT2D eigenvalue weighted by atomic mass is 10.1. The zero-order valence-corrected chi connectivity index (χ0v) is 13.2. The van der Waals surface area contributed by atoms with Crippen molar-refractivity contribution >= 4 is 17.5 Å². The molecule has 0 fully saturated rings. The smallest absolute Gasteiger partial charge is 0.284 e. The van der Waals surface area contributed by atoms with Crippen LogP contribution in [0.5, 0.6) is 0 Å². The monoisotopic (exact) mass is 315 g/mol. The summed E-state index contributed by atoms with van der Waals surface area (Å²) in [6, 6.07) is 9.05. The van der Waals surface area contributed by atoms with E-state index in [-0.39, 0.29) is 5.91 Å². The predicted octanol–water partition coefficient (Wildman–Crippen LogP) is 3.81. The van der Waals surface area contributed by atoms with Gasteiger partial charge in [0.15, 0.2) is 0 Å². The van der Waals surface area contributed by atoms with Gasteiger partial charge in [0.1, 0.15) is 17.0 Å². The van der Waals surface area contributed by atoms with E-state index in [1.807, 2.05) is 32.0 Å². The Labute approximate surface area is 132 Å². The summed E-state index contributed by atoms with van der Waals surface area (Å²) in [5.74, 6) is 0.159. The Bertz CT molecular complexity index is 864. The predicted molar refractivity (Wildman–Crippen MR) is 83.1 cm³/mol. The molecule has 0 N–H and O–H groups in total. The van der Waals surface area contributed by atoms with Crippen molar-refractivity contribution < 1.29 is 9.32 Å². The Morgan fingerprint density at radius 1 is 1.23 bits per heavy atom. The first-order valence-electron chi connectivity index (χ1n) is 6.78. The lowest BCUT2D eigenvalue weighted by molar-refractivity contribution is 0.0941. The van der Waals surface area contributed by atoms with E-state index in [9.17, 15) is 4.79 Å². The van der Waals surface area contributed by atoms with Crippen molar-refractivity contribution in [3.05, 3.63) is 58.1 Å². The molecule has 0 saturated carbocycles. The van der Waals surface area contributed by atoms with Gasteiger partial charge in [0.05, 0.1) is 10.7 Å². The third-order valence-corrected chi connectivity index (χ3v) is 3.74. The van der Waals surface area contributed by atoms with Gasteiger partial charge < -0.3 is 4.52 Å². The molecular formula is C16H14ClN3O2. The van der Waals surface area contributed by atoms with Crippen LogP contribution in [0.3, 0.4) is 0 Å². The maximum absolute atomic E-state index is 12.8. The van der Waals surface area contributed by atoms with E-state index in [0.717, 1.165) is 11.4 Å². The van der Waals surface area contributed by atoms with E-state index < -0.39 is 0 Å². The SMILES string of the molecule is Cc1cc(C)n(C(=O)c2c(-c3ccccc3Cl)noc2C)n1. The van der Waals surface area contributed by atoms with Gasteiger partial charge in [-0.3, -0.25) is 4.79 Å². The van der Waals surface area contributed by atoms with Gasteiger partial charge in [-0.2, -0.15) is 5.10 Å². The van der Waals surface area contributed by atoms with Crippen molar-refractivity contribution in [1.29, 1.82) is 0 Å². The summed E-state index contributed by atoms with van der Waals surface area (Å²) in [4.78, 5) is 12.8. The minimum atomic E-state index is -0.278. The van der Waals surface area contributed by atoms with Crippen molar-refractivity contribution in [2.45, 2.75) is 20.8 Å². The van der Waals surface area contributed by atoms with Crippen LogP contribution in [0.2, 0.25) is 5.02 Å². The van der Waals surface area contributed by atoms with Gasteiger partial charge >= 0.3 is 0 Å². The highest BCUT2D eigenvalue weighted by atomic mass is 35.5. The van der Waals surface area contributed by atoms with Gasteiger partial charge in [0.25, 0.3) is 5.91 Å². The zero-order valence-electron chi connectivity index (χ0n) is 12.4. The molecule has 3 aromatic rings. The van der Waals surface area contributed by atoms with Crippen molar-refractivity contribution in [2.24, 2.45) is 0 Å². The van der Waals surface area contributed by atoms with Crippen LogP contribution >= 0.6 is 11.6 Å². The second kappa shape index (κ2) is 5.42. The molecule has 0 aliphatic rings. The van der Waals surface area contributed by atoms with Gasteiger partial charge in [-0.25, -0.2) is 4.68 Å². The van der Waals surface area contributed by atoms with Crippen LogP contribution in [-0.2, 0) is 0 Å². The first-order valence-corrected chi connectivity index (χ1v) is 7.16. The number of rotatable bonds is 2. The number of hydrogen-bond acceptors (Lipinski definition) is 4. The summed E-state index contributed by atoms with van der Waals surface area (Å²) in [5, 5.41) is 8.75. The quantitative estimate of drug-likeness (QED) is 0.721. The molecule has 1 aromatic carbocycles. The Morgan fingerprint density at radius 2 is 1.95 bits per heavy atom. The van der Waals surface area contributed by atoms with Crippen LogP contribution in [0.4, 0.5) is 0 Å². The van der Waals surface area contributed by atoms with E-state index in [2.05, 4.69) is 10.3 Å². The summed E-state index contributed by atoms with van der Waals surface area (Å²) < 4.78 is 6.58. The van der Waals surface area contributed by atoms with Crippen LogP contribution in [0.25, 0.3) is 11.3 Å². The molecule has 112 valence electrons. The first kappa shape index (κ1) is 14.5. The second-order valence-corrected chi connectivity index (χ2v) is 5.49. The Morgan fingerprint density at radius 3 is 2.59 bits per heavy atom. The third-order valence-electron chi connectivity index (χ3n) is 3.41. The second-order valence-electron chi connectivity index (χ2n) is 5.09. The van der Waals surface area contributed by atoms with Crippen LogP contribution in [0.1, 0.15) is 27.5 Å². The summed E-state index contributed by atoms with van der Waals surface area (Å²) in [6.07, 6.45) is 0. The maximum Gasteiger partial charge on any atom is 0.284 e. The fraction of sp³-hybridized carbons (Fsp3) is 0.188. The fourth-order valence-corrected chi connectivity index (χ4v) is 2.63. The highest BCUT2D eigenvalue weighted by Gasteiger charge is 2.25. The average Bonchev–Trinajstić information content (AvgIpc) is 3.01. The van der Waals surface area contributed by atoms with Gasteiger partial charge in [-0.1, -0.05) is 35.0 Å². The minimum absolute atomic E-state index is 0.278. The van der Waals surface area contributed by atoms with Gasteiger partial charge in [-0.15, -0.1) is 0 Å². The number of halogens is 1. The number of aryl methyl sites for hydroxylation is 3. The average molecular weight is 316 g/mol. The molecule has 0 spiro atoms. The molecule has 0 saturated heterocycles. The van der Waals surface area contributed by atoms with Gasteiger partial charge in [0.2, 0.25) is 0 Å². The standard InChI is InChI=1S/C16H14ClN3O2/c1-9-8-10(2)20(18-9)16(21)14-11(3)22-19-15(14)12-6-4-5-7-13(12)17/h4-8H,1-3H3. The number of carbonyl (C=O) groups is 1. The van der Waals surface area contributed by atoms with E-state index in [1.165, 1.54) is 4.68 Å². The Balaban J connectivity index is 2.16. The molecule has 5 nitrogen and oxygen atoms in total. The van der Waals surface area contributed by atoms with Crippen LogP contribution in [0, 0.1) is 20.8 Å². The molecule has 2 heterocycles. The van der Waals surface area contributed by atoms with Crippen molar-refractivity contribution in [3.8, 4) is 11.3 Å². The highest BCUT2D eigenvalue weighted by Crippen LogP contribution is 2.31. The topological polar surface area (TPSA) is 60.9 Å². The Hall–Kier alpha value is -2.40. The van der Waals surface area contributed by atoms with Gasteiger partial charge in [0, 0.05) is 11.3 Å². The first-order chi connectivity index (χ1) is 10.5. The molecule has 22 heavy (non-hydrogen) atoms. The Kier molecular flexibility index (Phi) is 3.58. The molecule has 0 bridgehead atoms. The van der Waals surface area contributed by atoms with E-state index in [0.29, 0.717) is 27.6 Å². The van der Waals surface area contributed by atoms with Crippen molar-refractivity contribution in [1.82, 2.24) is 14.9 Å². The molecule has 6 heteroatoms. The third kappa shape index (κ3) is 2.33. The van der Waals surface area contributed by atoms with Crippen molar-refractivity contribution in [3.63, 3.8) is 0 Å². The molecule has 0 aliphatic carbocycles. The summed E-state index contributed by atoms with van der Waals surface area (Å²) >= 11 is 6.21. The zero-order chi connectivity index (χ0) is 15.9. The van der Waals surface area contributed by atoms with Crippen LogP contribution in [0.15, 0.2) is 34.9 Å². The molecule has 3 rings (SSSR count). The van der Waals surface area contributed by atoms with Gasteiger partial charge in [-0.05, 0) is 32.9 Å². The van der Waals surface area contributed by atoms with Crippen LogP contribution in [-0.4, -0.2) is 20.8 Å². The molecule has 2 aromatic heterocycles. The van der Waals surface area contributed by atoms with E-state index in [1.54, 1.807) is 19.1 Å². The van der Waals surface area contributed by atoms with Crippen LogP contribution < -0.4 is 0 Å². The normalized spacial score (nSPS) is 10.9. The maximum atomic E-state index is 12.8. The lowest BCUT2D eigenvalue weighted by Gasteiger charge is -2.05. The number of nitrogens with zero attached hydrogens (tertiary/aromatic N) is 3. The van der Waals surface area contributed by atoms with E-state index >= 15 is 0 Å². The highest BCUT2D eigenvalue weighted by molar-refractivity contribution is 6.33. The summed E-state index contributed by atoms with van der Waals surface area (Å²) in [5.41, 5.74) is 3.00.